The fourth-order valence-electron chi connectivity index (χ4n) is 3.91. The molecule has 0 fully saturated rings. The first kappa shape index (κ1) is 19.8. The highest BCUT2D eigenvalue weighted by molar-refractivity contribution is 6.04. The monoisotopic (exact) mass is 404 g/mol. The molecule has 30 heavy (non-hydrogen) atoms. The van der Waals surface area contributed by atoms with E-state index in [1.807, 2.05) is 54.1 Å². The summed E-state index contributed by atoms with van der Waals surface area (Å²) in [5.41, 5.74) is 3.34. The Morgan fingerprint density at radius 1 is 1.23 bits per heavy atom. The molecule has 0 saturated heterocycles. The van der Waals surface area contributed by atoms with E-state index in [2.05, 4.69) is 15.6 Å². The molecule has 7 heteroatoms. The van der Waals surface area contributed by atoms with E-state index in [0.29, 0.717) is 17.8 Å². The third-order valence-electron chi connectivity index (χ3n) is 5.33. The molecule has 1 amide bonds. The smallest absolute Gasteiger partial charge is 0.222 e. The van der Waals surface area contributed by atoms with Crippen molar-refractivity contribution in [2.75, 3.05) is 17.2 Å². The topological polar surface area (TPSA) is 96.3 Å². The zero-order valence-electron chi connectivity index (χ0n) is 17.0. The summed E-state index contributed by atoms with van der Waals surface area (Å²) >= 11 is 0. The minimum Gasteiger partial charge on any atom is -0.396 e. The molecule has 7 nitrogen and oxygen atoms in total. The molecule has 0 spiro atoms. The molecule has 0 bridgehead atoms. The number of fused-ring (bicyclic) bond motifs is 1. The van der Waals surface area contributed by atoms with Crippen LogP contribution in [0.4, 0.5) is 17.2 Å². The van der Waals surface area contributed by atoms with Crippen molar-refractivity contribution in [3.63, 3.8) is 0 Å². The number of benzene rings is 1. The van der Waals surface area contributed by atoms with Crippen molar-refractivity contribution in [1.82, 2.24) is 9.55 Å². The number of carbonyl (C=O) groups is 2. The molecule has 3 aromatic rings. The van der Waals surface area contributed by atoms with Crippen molar-refractivity contribution in [1.29, 1.82) is 0 Å². The fourth-order valence-corrected chi connectivity index (χ4v) is 3.91. The van der Waals surface area contributed by atoms with Crippen LogP contribution in [0.15, 0.2) is 54.9 Å². The van der Waals surface area contributed by atoms with Gasteiger partial charge in [0.2, 0.25) is 5.91 Å². The van der Waals surface area contributed by atoms with Gasteiger partial charge in [0.1, 0.15) is 5.82 Å². The van der Waals surface area contributed by atoms with Crippen LogP contribution in [0.25, 0.3) is 5.69 Å². The predicted molar refractivity (Wildman–Crippen MR) is 115 cm³/mol. The molecule has 1 aliphatic rings. The van der Waals surface area contributed by atoms with Crippen LogP contribution in [0.3, 0.4) is 0 Å². The Hall–Kier alpha value is -3.45. The van der Waals surface area contributed by atoms with Crippen molar-refractivity contribution < 1.29 is 14.7 Å². The molecule has 154 valence electrons. The number of Topliss-reactive ketones (excluding diaryl/α,β-unsaturated/α-hetero) is 1. The maximum Gasteiger partial charge on any atom is 0.222 e. The molecule has 3 N–H and O–H groups in total. The van der Waals surface area contributed by atoms with Gasteiger partial charge in [0.15, 0.2) is 5.78 Å². The second-order valence-electron chi connectivity index (χ2n) is 8.05. The van der Waals surface area contributed by atoms with Crippen molar-refractivity contribution in [2.24, 2.45) is 5.41 Å². The van der Waals surface area contributed by atoms with E-state index in [9.17, 15) is 14.7 Å². The number of nitrogens with one attached hydrogen (secondary N) is 2. The number of aliphatic hydroxyl groups excluding tert-OH is 1. The third kappa shape index (κ3) is 3.84. The van der Waals surface area contributed by atoms with Gasteiger partial charge in [-0.15, -0.1) is 0 Å². The Bertz CT molecular complexity index is 1110. The second-order valence-corrected chi connectivity index (χ2v) is 8.05. The van der Waals surface area contributed by atoms with Crippen LogP contribution in [0.2, 0.25) is 0 Å². The number of para-hydroxylation sites is 1. The number of hydrogen-bond acceptors (Lipinski definition) is 5. The molecule has 0 saturated carbocycles. The molecule has 2 heterocycles. The van der Waals surface area contributed by atoms with E-state index in [4.69, 9.17) is 0 Å². The Kier molecular flexibility index (Phi) is 5.13. The zero-order chi connectivity index (χ0) is 21.3. The van der Waals surface area contributed by atoms with Crippen molar-refractivity contribution in [2.45, 2.75) is 26.7 Å². The average molecular weight is 404 g/mol. The number of rotatable bonds is 5. The minimum atomic E-state index is -0.516. The first-order chi connectivity index (χ1) is 14.4. The summed E-state index contributed by atoms with van der Waals surface area (Å²) in [5.74, 6) is 0.233. The Balaban J connectivity index is 1.84. The number of amides is 1. The lowest BCUT2D eigenvalue weighted by molar-refractivity contribution is -0.114. The van der Waals surface area contributed by atoms with Gasteiger partial charge >= 0.3 is 0 Å². The number of pyridine rings is 1. The van der Waals surface area contributed by atoms with Gasteiger partial charge in [0, 0.05) is 55.2 Å². The van der Waals surface area contributed by atoms with Crippen LogP contribution in [-0.4, -0.2) is 33.0 Å². The molecular weight excluding hydrogens is 380 g/mol. The van der Waals surface area contributed by atoms with E-state index in [1.165, 1.54) is 6.92 Å². The standard InChI is InChI=1S/C23H24N4O3/c1-15(29)25-21-10-17(8-9-24-21)27-13-18(26-16-6-4-3-5-7-16)22-19(27)11-23(2,14-28)12-20(22)30/h3-10,13,26,28H,11-12,14H2,1-2H3,(H,24,25,29). The molecule has 2 aromatic heterocycles. The van der Waals surface area contributed by atoms with E-state index >= 15 is 0 Å². The number of carbonyl (C=O) groups excluding carboxylic acids is 2. The van der Waals surface area contributed by atoms with Crippen LogP contribution in [0.5, 0.6) is 0 Å². The first-order valence-electron chi connectivity index (χ1n) is 9.83. The first-order valence-corrected chi connectivity index (χ1v) is 9.83. The second kappa shape index (κ2) is 7.76. The van der Waals surface area contributed by atoms with Crippen LogP contribution >= 0.6 is 0 Å². The minimum absolute atomic E-state index is 0.00104. The zero-order valence-corrected chi connectivity index (χ0v) is 17.0. The number of anilines is 3. The number of nitrogens with zero attached hydrogens (tertiary/aromatic N) is 2. The third-order valence-corrected chi connectivity index (χ3v) is 5.33. The quantitative estimate of drug-likeness (QED) is 0.603. The number of hydrogen-bond donors (Lipinski definition) is 3. The van der Waals surface area contributed by atoms with E-state index in [-0.39, 0.29) is 24.7 Å². The molecule has 1 unspecified atom stereocenters. The number of ketones is 1. The lowest BCUT2D eigenvalue weighted by Gasteiger charge is -2.32. The maximum absolute atomic E-state index is 13.1. The van der Waals surface area contributed by atoms with Gasteiger partial charge in [-0.05, 0) is 24.6 Å². The van der Waals surface area contributed by atoms with Gasteiger partial charge in [0.25, 0.3) is 0 Å². The van der Waals surface area contributed by atoms with E-state index < -0.39 is 5.41 Å². The summed E-state index contributed by atoms with van der Waals surface area (Å²) in [5, 5.41) is 16.0. The highest BCUT2D eigenvalue weighted by atomic mass is 16.3. The van der Waals surface area contributed by atoms with Crippen LogP contribution in [-0.2, 0) is 11.2 Å². The molecule has 4 rings (SSSR count). The summed E-state index contributed by atoms with van der Waals surface area (Å²) in [6, 6.07) is 13.3. The summed E-state index contributed by atoms with van der Waals surface area (Å²) in [6.07, 6.45) is 4.36. The molecular formula is C23H24N4O3. The van der Waals surface area contributed by atoms with Crippen LogP contribution < -0.4 is 10.6 Å². The fraction of sp³-hybridized carbons (Fsp3) is 0.261. The average Bonchev–Trinajstić information content (AvgIpc) is 3.06. The molecule has 0 radical (unpaired) electrons. The molecule has 1 aliphatic carbocycles. The highest BCUT2D eigenvalue weighted by Gasteiger charge is 2.38. The van der Waals surface area contributed by atoms with Gasteiger partial charge in [-0.25, -0.2) is 4.98 Å². The lowest BCUT2D eigenvalue weighted by atomic mass is 9.75. The van der Waals surface area contributed by atoms with Crippen LogP contribution in [0.1, 0.15) is 36.3 Å². The van der Waals surface area contributed by atoms with E-state index in [0.717, 1.165) is 22.8 Å². The van der Waals surface area contributed by atoms with Gasteiger partial charge in [-0.2, -0.15) is 0 Å². The molecule has 0 aliphatic heterocycles. The summed E-state index contributed by atoms with van der Waals surface area (Å²) < 4.78 is 1.94. The molecule has 1 aromatic carbocycles. The van der Waals surface area contributed by atoms with Gasteiger partial charge in [-0.3, -0.25) is 9.59 Å². The van der Waals surface area contributed by atoms with Gasteiger partial charge < -0.3 is 20.3 Å². The normalized spacial score (nSPS) is 18.0. The highest BCUT2D eigenvalue weighted by Crippen LogP contribution is 2.41. The Labute approximate surface area is 174 Å². The van der Waals surface area contributed by atoms with Crippen molar-refractivity contribution in [3.05, 3.63) is 66.1 Å². The van der Waals surface area contributed by atoms with Gasteiger partial charge in [0.05, 0.1) is 16.9 Å². The summed E-state index contributed by atoms with van der Waals surface area (Å²) in [7, 11) is 0. The Morgan fingerprint density at radius 3 is 2.70 bits per heavy atom. The van der Waals surface area contributed by atoms with Crippen molar-refractivity contribution >= 4 is 28.9 Å². The largest absolute Gasteiger partial charge is 0.396 e. The van der Waals surface area contributed by atoms with E-state index in [1.54, 1.807) is 12.3 Å². The predicted octanol–water partition coefficient (Wildman–Crippen LogP) is 3.70. The lowest BCUT2D eigenvalue weighted by Crippen LogP contribution is -2.33. The van der Waals surface area contributed by atoms with Crippen molar-refractivity contribution in [3.8, 4) is 5.69 Å². The maximum atomic E-state index is 13.1. The number of aromatic nitrogens is 2. The Morgan fingerprint density at radius 2 is 2.00 bits per heavy atom. The number of aliphatic hydroxyl groups is 1. The molecule has 1 atom stereocenters. The summed E-state index contributed by atoms with van der Waals surface area (Å²) in [6.45, 7) is 3.28. The van der Waals surface area contributed by atoms with Crippen LogP contribution in [0, 0.1) is 5.41 Å². The summed E-state index contributed by atoms with van der Waals surface area (Å²) in [4.78, 5) is 28.7. The van der Waals surface area contributed by atoms with Gasteiger partial charge in [-0.1, -0.05) is 25.1 Å². The SMILES string of the molecule is CC(=O)Nc1cc(-n2cc(Nc3ccccc3)c3c2CC(C)(CO)CC3=O)ccn1.